The number of thioether (sulfide) groups is 1. The van der Waals surface area contributed by atoms with Crippen LogP contribution in [0.1, 0.15) is 51.3 Å². The molecule has 1 heterocycles. The first-order chi connectivity index (χ1) is 12.5. The van der Waals surface area contributed by atoms with E-state index in [1.165, 1.54) is 50.3 Å². The van der Waals surface area contributed by atoms with Crippen LogP contribution in [-0.2, 0) is 11.3 Å². The van der Waals surface area contributed by atoms with E-state index in [1.807, 2.05) is 17.6 Å². The van der Waals surface area contributed by atoms with Crippen molar-refractivity contribution in [3.63, 3.8) is 0 Å². The summed E-state index contributed by atoms with van der Waals surface area (Å²) in [7, 11) is 0. The van der Waals surface area contributed by atoms with Gasteiger partial charge in [0.1, 0.15) is 5.82 Å². The van der Waals surface area contributed by atoms with Crippen LogP contribution in [0.15, 0.2) is 17.8 Å². The van der Waals surface area contributed by atoms with Gasteiger partial charge >= 0.3 is 0 Å². The van der Waals surface area contributed by atoms with Crippen molar-refractivity contribution in [2.45, 2.75) is 70.1 Å². The number of amides is 1. The molecular formula is C20H30N4OS. The fraction of sp³-hybridized carbons (Fsp3) is 0.750. The molecular weight excluding hydrogens is 344 g/mol. The lowest BCUT2D eigenvalue weighted by Gasteiger charge is -2.59. The summed E-state index contributed by atoms with van der Waals surface area (Å²) >= 11 is 1.46. The van der Waals surface area contributed by atoms with Gasteiger partial charge in [-0.2, -0.15) is 0 Å². The number of nitrogens with one attached hydrogen (secondary N) is 1. The molecule has 4 bridgehead atoms. The molecule has 6 heteroatoms. The quantitative estimate of drug-likeness (QED) is 0.585. The van der Waals surface area contributed by atoms with Crippen molar-refractivity contribution < 1.29 is 4.79 Å². The van der Waals surface area contributed by atoms with Gasteiger partial charge in [0.15, 0.2) is 5.16 Å². The molecule has 142 valence electrons. The van der Waals surface area contributed by atoms with Gasteiger partial charge in [0.2, 0.25) is 5.91 Å². The molecule has 0 aliphatic heterocycles. The average Bonchev–Trinajstić information content (AvgIpc) is 2.92. The van der Waals surface area contributed by atoms with Crippen LogP contribution in [0.25, 0.3) is 0 Å². The third-order valence-corrected chi connectivity index (χ3v) is 7.89. The van der Waals surface area contributed by atoms with E-state index >= 15 is 0 Å². The second-order valence-electron chi connectivity index (χ2n) is 8.79. The van der Waals surface area contributed by atoms with Crippen LogP contribution < -0.4 is 5.32 Å². The number of hydrogen-bond donors (Lipinski definition) is 1. The molecule has 4 aliphatic carbocycles. The van der Waals surface area contributed by atoms with Crippen LogP contribution in [0.4, 0.5) is 0 Å². The summed E-state index contributed by atoms with van der Waals surface area (Å²) in [4.78, 5) is 12.6. The second-order valence-corrected chi connectivity index (χ2v) is 9.73. The normalized spacial score (nSPS) is 33.2. The SMILES string of the molecule is C=CCn1c(C)nnc1SCC(=O)N[C@@H](C)C12CC3CC(CC(C3)C1)C2. The number of rotatable bonds is 7. The van der Waals surface area contributed by atoms with Crippen LogP contribution in [0.5, 0.6) is 0 Å². The standard InChI is InChI=1S/C20H30N4OS/c1-4-5-24-14(3)22-23-19(24)26-12-18(25)21-13(2)20-9-15-6-16(10-20)8-17(7-15)11-20/h4,13,15-17H,1,5-12H2,2-3H3,(H,21,25)/t13-,15?,16?,17?,20?/m0/s1. The monoisotopic (exact) mass is 374 g/mol. The highest BCUT2D eigenvalue weighted by Crippen LogP contribution is 2.61. The third-order valence-electron chi connectivity index (χ3n) is 6.93. The minimum absolute atomic E-state index is 0.115. The van der Waals surface area contributed by atoms with Gasteiger partial charge in [-0.05, 0) is 75.5 Å². The van der Waals surface area contributed by atoms with E-state index in [9.17, 15) is 4.79 Å². The minimum Gasteiger partial charge on any atom is -0.352 e. The van der Waals surface area contributed by atoms with Crippen LogP contribution in [-0.4, -0.2) is 32.5 Å². The molecule has 4 aliphatic rings. The summed E-state index contributed by atoms with van der Waals surface area (Å²) in [6, 6.07) is 0.275. The molecule has 4 saturated carbocycles. The lowest BCUT2D eigenvalue weighted by atomic mass is 9.48. The fourth-order valence-electron chi connectivity index (χ4n) is 6.08. The number of aryl methyl sites for hydroxylation is 1. The van der Waals surface area contributed by atoms with E-state index < -0.39 is 0 Å². The molecule has 0 saturated heterocycles. The lowest BCUT2D eigenvalue weighted by Crippen LogP contribution is -2.56. The first-order valence-corrected chi connectivity index (χ1v) is 10.9. The van der Waals surface area contributed by atoms with Gasteiger partial charge in [-0.3, -0.25) is 4.79 Å². The van der Waals surface area contributed by atoms with Gasteiger partial charge in [0.25, 0.3) is 0 Å². The molecule has 26 heavy (non-hydrogen) atoms. The van der Waals surface area contributed by atoms with Crippen LogP contribution in [0, 0.1) is 30.1 Å². The van der Waals surface area contributed by atoms with E-state index in [-0.39, 0.29) is 11.9 Å². The molecule has 4 fully saturated rings. The van der Waals surface area contributed by atoms with E-state index in [1.54, 1.807) is 0 Å². The molecule has 0 radical (unpaired) electrons. The number of carbonyl (C=O) groups excluding carboxylic acids is 1. The van der Waals surface area contributed by atoms with Crippen molar-refractivity contribution in [1.29, 1.82) is 0 Å². The van der Waals surface area contributed by atoms with Crippen molar-refractivity contribution >= 4 is 17.7 Å². The number of allylic oxidation sites excluding steroid dienone is 1. The summed E-state index contributed by atoms with van der Waals surface area (Å²) < 4.78 is 1.99. The van der Waals surface area contributed by atoms with E-state index in [0.717, 1.165) is 28.7 Å². The van der Waals surface area contributed by atoms with Crippen molar-refractivity contribution in [1.82, 2.24) is 20.1 Å². The van der Waals surface area contributed by atoms with Crippen molar-refractivity contribution in [2.24, 2.45) is 23.2 Å². The van der Waals surface area contributed by atoms with Gasteiger partial charge in [-0.25, -0.2) is 0 Å². The third kappa shape index (κ3) is 3.32. The molecule has 5 rings (SSSR count). The number of nitrogens with zero attached hydrogens (tertiary/aromatic N) is 3. The first-order valence-electron chi connectivity index (χ1n) is 9.92. The second kappa shape index (κ2) is 7.02. The Morgan fingerprint density at radius 2 is 1.92 bits per heavy atom. The lowest BCUT2D eigenvalue weighted by molar-refractivity contribution is -0.123. The maximum absolute atomic E-state index is 12.6. The zero-order valence-corrected chi connectivity index (χ0v) is 16.7. The fourth-order valence-corrected chi connectivity index (χ4v) is 6.89. The molecule has 0 aromatic carbocycles. The Morgan fingerprint density at radius 3 is 2.50 bits per heavy atom. The highest BCUT2D eigenvalue weighted by atomic mass is 32.2. The summed E-state index contributed by atoms with van der Waals surface area (Å²) in [5.41, 5.74) is 0.356. The summed E-state index contributed by atoms with van der Waals surface area (Å²) in [6.07, 6.45) is 10.1. The highest BCUT2D eigenvalue weighted by molar-refractivity contribution is 7.99. The zero-order chi connectivity index (χ0) is 18.3. The summed E-state index contributed by atoms with van der Waals surface area (Å²) in [5.74, 6) is 4.10. The van der Waals surface area contributed by atoms with Gasteiger partial charge in [-0.15, -0.1) is 16.8 Å². The van der Waals surface area contributed by atoms with Gasteiger partial charge in [0, 0.05) is 12.6 Å². The molecule has 0 unspecified atom stereocenters. The van der Waals surface area contributed by atoms with Gasteiger partial charge in [0.05, 0.1) is 5.75 Å². The maximum atomic E-state index is 12.6. The molecule has 1 aromatic heterocycles. The maximum Gasteiger partial charge on any atom is 0.230 e. The Balaban J connectivity index is 1.34. The van der Waals surface area contributed by atoms with Crippen molar-refractivity contribution in [3.05, 3.63) is 18.5 Å². The molecule has 0 spiro atoms. The van der Waals surface area contributed by atoms with Gasteiger partial charge < -0.3 is 9.88 Å². The zero-order valence-electron chi connectivity index (χ0n) is 15.9. The van der Waals surface area contributed by atoms with Crippen LogP contribution >= 0.6 is 11.8 Å². The molecule has 1 atom stereocenters. The minimum atomic E-state index is 0.115. The molecule has 1 amide bonds. The molecule has 1 aromatic rings. The Kier molecular flexibility index (Phi) is 4.88. The number of hydrogen-bond acceptors (Lipinski definition) is 4. The van der Waals surface area contributed by atoms with E-state index in [0.29, 0.717) is 17.7 Å². The largest absolute Gasteiger partial charge is 0.352 e. The highest BCUT2D eigenvalue weighted by Gasteiger charge is 2.53. The summed E-state index contributed by atoms with van der Waals surface area (Å²) in [5, 5.41) is 12.4. The summed E-state index contributed by atoms with van der Waals surface area (Å²) in [6.45, 7) is 8.61. The van der Waals surface area contributed by atoms with Gasteiger partial charge in [-0.1, -0.05) is 17.8 Å². The predicted octanol–water partition coefficient (Wildman–Crippen LogP) is 3.59. The van der Waals surface area contributed by atoms with Crippen molar-refractivity contribution in [3.8, 4) is 0 Å². The van der Waals surface area contributed by atoms with Crippen molar-refractivity contribution in [2.75, 3.05) is 5.75 Å². The number of aromatic nitrogens is 3. The predicted molar refractivity (Wildman–Crippen MR) is 104 cm³/mol. The average molecular weight is 375 g/mol. The van der Waals surface area contributed by atoms with E-state index in [4.69, 9.17) is 0 Å². The first kappa shape index (κ1) is 18.1. The van der Waals surface area contributed by atoms with E-state index in [2.05, 4.69) is 29.0 Å². The Hall–Kier alpha value is -1.30. The Labute approximate surface area is 160 Å². The Morgan fingerprint density at radius 1 is 1.31 bits per heavy atom. The number of carbonyl (C=O) groups is 1. The topological polar surface area (TPSA) is 59.8 Å². The van der Waals surface area contributed by atoms with Crippen LogP contribution in [0.2, 0.25) is 0 Å². The Bertz CT molecular complexity index is 663. The molecule has 1 N–H and O–H groups in total. The molecule has 5 nitrogen and oxygen atoms in total. The smallest absolute Gasteiger partial charge is 0.230 e. The van der Waals surface area contributed by atoms with Crippen LogP contribution in [0.3, 0.4) is 0 Å².